The molecule has 1 aromatic heterocycles. The molecule has 7 nitrogen and oxygen atoms in total. The molecule has 154 valence electrons. The summed E-state index contributed by atoms with van der Waals surface area (Å²) in [4.78, 5) is 18.5. The van der Waals surface area contributed by atoms with Crippen LogP contribution in [0.25, 0.3) is 0 Å². The lowest BCUT2D eigenvalue weighted by molar-refractivity contribution is 0.0951. The van der Waals surface area contributed by atoms with Crippen LogP contribution in [0.2, 0.25) is 0 Å². The largest absolute Gasteiger partial charge is 0.355 e. The lowest BCUT2D eigenvalue weighted by Crippen LogP contribution is -2.38. The van der Waals surface area contributed by atoms with Crippen LogP contribution in [0.5, 0.6) is 0 Å². The van der Waals surface area contributed by atoms with Crippen LogP contribution in [-0.2, 0) is 13.1 Å². The van der Waals surface area contributed by atoms with Gasteiger partial charge in [0.15, 0.2) is 5.96 Å². The number of aliphatic imine (C=N–C) groups is 1. The molecule has 0 aliphatic heterocycles. The fraction of sp³-hybridized carbons (Fsp3) is 0.400. The first-order valence-corrected chi connectivity index (χ1v) is 9.15. The third kappa shape index (κ3) is 8.75. The smallest absolute Gasteiger partial charge is 0.251 e. The summed E-state index contributed by atoms with van der Waals surface area (Å²) in [7, 11) is 5.72. The molecule has 1 amide bonds. The van der Waals surface area contributed by atoms with Crippen molar-refractivity contribution in [2.45, 2.75) is 13.1 Å². The molecule has 0 atom stereocenters. The molecule has 0 saturated heterocycles. The molecule has 2 rings (SSSR count). The zero-order valence-corrected chi connectivity index (χ0v) is 19.1. The number of carbonyl (C=O) groups is 1. The number of carbonyl (C=O) groups excluding carboxylic acids is 1. The molecule has 8 heteroatoms. The van der Waals surface area contributed by atoms with Crippen molar-refractivity contribution in [1.29, 1.82) is 0 Å². The van der Waals surface area contributed by atoms with Gasteiger partial charge in [0.1, 0.15) is 0 Å². The standard InChI is InChI=1S/C20H30N6O.HI/c1-21-20(23-10-14-26-11-4-5-12-26)24-16-17-7-6-8-18(15-17)19(27)22-9-13-25(2)3;/h4-8,11-12,15H,9-10,13-14,16H2,1-3H3,(H,22,27)(H2,21,23,24);1H. The number of aromatic nitrogens is 1. The average Bonchev–Trinajstić information content (AvgIpc) is 3.18. The van der Waals surface area contributed by atoms with Gasteiger partial charge in [-0.1, -0.05) is 12.1 Å². The number of hydrogen-bond acceptors (Lipinski definition) is 3. The SMILES string of the molecule is CN=C(NCCn1cccc1)NCc1cccc(C(=O)NCCN(C)C)c1.I. The Kier molecular flexibility index (Phi) is 11.3. The molecule has 0 fully saturated rings. The fourth-order valence-corrected chi connectivity index (χ4v) is 2.55. The Balaban J connectivity index is 0.00000392. The molecule has 28 heavy (non-hydrogen) atoms. The molecule has 0 bridgehead atoms. The number of nitrogens with zero attached hydrogens (tertiary/aromatic N) is 3. The van der Waals surface area contributed by atoms with Gasteiger partial charge in [-0.15, -0.1) is 24.0 Å². The number of rotatable bonds is 9. The maximum absolute atomic E-state index is 12.2. The predicted octanol–water partition coefficient (Wildman–Crippen LogP) is 1.76. The Hall–Kier alpha value is -2.07. The van der Waals surface area contributed by atoms with E-state index < -0.39 is 0 Å². The molecule has 0 aliphatic rings. The van der Waals surface area contributed by atoms with E-state index in [0.29, 0.717) is 18.7 Å². The van der Waals surface area contributed by atoms with Crippen LogP contribution < -0.4 is 16.0 Å². The second-order valence-electron chi connectivity index (χ2n) is 6.53. The van der Waals surface area contributed by atoms with Crippen LogP contribution in [0, 0.1) is 0 Å². The van der Waals surface area contributed by atoms with Crippen LogP contribution in [0.4, 0.5) is 0 Å². The molecule has 2 aromatic rings. The summed E-state index contributed by atoms with van der Waals surface area (Å²) in [6.45, 7) is 3.70. The molecule has 0 unspecified atom stereocenters. The summed E-state index contributed by atoms with van der Waals surface area (Å²) in [5.74, 6) is 0.691. The number of amides is 1. The van der Waals surface area contributed by atoms with Crippen molar-refractivity contribution < 1.29 is 4.79 Å². The number of halogens is 1. The molecular formula is C20H31IN6O. The van der Waals surface area contributed by atoms with Crippen LogP contribution in [0.3, 0.4) is 0 Å². The molecule has 1 aromatic carbocycles. The third-order valence-corrected chi connectivity index (χ3v) is 4.05. The predicted molar refractivity (Wildman–Crippen MR) is 125 cm³/mol. The van der Waals surface area contributed by atoms with Crippen molar-refractivity contribution in [2.24, 2.45) is 4.99 Å². The first-order chi connectivity index (χ1) is 13.1. The van der Waals surface area contributed by atoms with E-state index in [1.54, 1.807) is 7.05 Å². The topological polar surface area (TPSA) is 73.7 Å². The Morgan fingerprint density at radius 3 is 2.50 bits per heavy atom. The summed E-state index contributed by atoms with van der Waals surface area (Å²) in [5, 5.41) is 9.50. The average molecular weight is 498 g/mol. The summed E-state index contributed by atoms with van der Waals surface area (Å²) in [5.41, 5.74) is 1.70. The van der Waals surface area contributed by atoms with Crippen molar-refractivity contribution in [1.82, 2.24) is 25.4 Å². The first kappa shape index (κ1) is 24.0. The molecular weight excluding hydrogens is 467 g/mol. The quantitative estimate of drug-likeness (QED) is 0.280. The zero-order chi connectivity index (χ0) is 19.5. The second kappa shape index (κ2) is 13.2. The van der Waals surface area contributed by atoms with Crippen molar-refractivity contribution in [3.63, 3.8) is 0 Å². The van der Waals surface area contributed by atoms with E-state index in [4.69, 9.17) is 0 Å². The van der Waals surface area contributed by atoms with E-state index >= 15 is 0 Å². The Labute approximate surface area is 184 Å². The van der Waals surface area contributed by atoms with Gasteiger partial charge in [-0.2, -0.15) is 0 Å². The van der Waals surface area contributed by atoms with Crippen LogP contribution >= 0.6 is 24.0 Å². The van der Waals surface area contributed by atoms with Crippen molar-refractivity contribution in [3.8, 4) is 0 Å². The number of hydrogen-bond donors (Lipinski definition) is 3. The van der Waals surface area contributed by atoms with Crippen LogP contribution in [-0.4, -0.2) is 62.1 Å². The van der Waals surface area contributed by atoms with E-state index in [0.717, 1.165) is 31.2 Å². The summed E-state index contributed by atoms with van der Waals surface area (Å²) < 4.78 is 2.11. The van der Waals surface area contributed by atoms with Gasteiger partial charge in [0, 0.05) is 57.7 Å². The van der Waals surface area contributed by atoms with E-state index in [1.807, 2.05) is 67.8 Å². The lowest BCUT2D eigenvalue weighted by atomic mass is 10.1. The molecule has 1 heterocycles. The Bertz CT molecular complexity index is 730. The van der Waals surface area contributed by atoms with Crippen molar-refractivity contribution >= 4 is 35.8 Å². The van der Waals surface area contributed by atoms with Gasteiger partial charge < -0.3 is 25.4 Å². The highest BCUT2D eigenvalue weighted by Gasteiger charge is 2.06. The Morgan fingerprint density at radius 2 is 1.82 bits per heavy atom. The maximum atomic E-state index is 12.2. The van der Waals surface area contributed by atoms with Crippen molar-refractivity contribution in [2.75, 3.05) is 40.8 Å². The number of nitrogens with one attached hydrogen (secondary N) is 3. The highest BCUT2D eigenvalue weighted by Crippen LogP contribution is 2.05. The third-order valence-electron chi connectivity index (χ3n) is 4.05. The van der Waals surface area contributed by atoms with E-state index in [-0.39, 0.29) is 29.9 Å². The van der Waals surface area contributed by atoms with Crippen molar-refractivity contribution in [3.05, 3.63) is 59.9 Å². The highest BCUT2D eigenvalue weighted by atomic mass is 127. The van der Waals surface area contributed by atoms with Gasteiger partial charge in [-0.25, -0.2) is 0 Å². The molecule has 0 spiro atoms. The van der Waals surface area contributed by atoms with Gasteiger partial charge in [-0.05, 0) is 43.9 Å². The van der Waals surface area contributed by atoms with E-state index in [2.05, 4.69) is 25.5 Å². The maximum Gasteiger partial charge on any atom is 0.251 e. The summed E-state index contributed by atoms with van der Waals surface area (Å²) in [6, 6.07) is 11.7. The molecule has 0 saturated carbocycles. The van der Waals surface area contributed by atoms with Gasteiger partial charge in [0.25, 0.3) is 5.91 Å². The van der Waals surface area contributed by atoms with Gasteiger partial charge >= 0.3 is 0 Å². The van der Waals surface area contributed by atoms with Crippen LogP contribution in [0.15, 0.2) is 53.8 Å². The van der Waals surface area contributed by atoms with E-state index in [1.165, 1.54) is 0 Å². The number of guanidine groups is 1. The van der Waals surface area contributed by atoms with Gasteiger partial charge in [-0.3, -0.25) is 9.79 Å². The minimum atomic E-state index is -0.0482. The highest BCUT2D eigenvalue weighted by molar-refractivity contribution is 14.0. The Morgan fingerprint density at radius 1 is 1.07 bits per heavy atom. The fourth-order valence-electron chi connectivity index (χ4n) is 2.55. The van der Waals surface area contributed by atoms with E-state index in [9.17, 15) is 4.79 Å². The molecule has 0 aliphatic carbocycles. The van der Waals surface area contributed by atoms with Crippen LogP contribution in [0.1, 0.15) is 15.9 Å². The lowest BCUT2D eigenvalue weighted by Gasteiger charge is -2.13. The molecule has 0 radical (unpaired) electrons. The van der Waals surface area contributed by atoms with Gasteiger partial charge in [0.2, 0.25) is 0 Å². The summed E-state index contributed by atoms with van der Waals surface area (Å²) >= 11 is 0. The second-order valence-corrected chi connectivity index (χ2v) is 6.53. The number of benzene rings is 1. The number of likely N-dealkylation sites (N-methyl/N-ethyl adjacent to an activating group) is 1. The zero-order valence-electron chi connectivity index (χ0n) is 16.8. The normalized spacial score (nSPS) is 11.1. The van der Waals surface area contributed by atoms with Gasteiger partial charge in [0.05, 0.1) is 0 Å². The minimum absolute atomic E-state index is 0. The monoisotopic (exact) mass is 498 g/mol. The summed E-state index contributed by atoms with van der Waals surface area (Å²) in [6.07, 6.45) is 4.07. The minimum Gasteiger partial charge on any atom is -0.355 e. The first-order valence-electron chi connectivity index (χ1n) is 9.15. The molecule has 3 N–H and O–H groups in total.